The van der Waals surface area contributed by atoms with Gasteiger partial charge in [0.15, 0.2) is 0 Å². The molecule has 0 fully saturated rings. The lowest BCUT2D eigenvalue weighted by Crippen LogP contribution is -2.10. The normalized spacial score (nSPS) is 11.0. The Morgan fingerprint density at radius 1 is 1.18 bits per heavy atom. The van der Waals surface area contributed by atoms with Gasteiger partial charge in [-0.2, -0.15) is 4.98 Å². The van der Waals surface area contributed by atoms with Crippen LogP contribution in [-0.2, 0) is 13.0 Å². The first-order chi connectivity index (χ1) is 10.5. The molecule has 0 amide bonds. The summed E-state index contributed by atoms with van der Waals surface area (Å²) in [6, 6.07) is 8.22. The molecule has 1 aromatic heterocycles. The molecule has 1 N–H and O–H groups in total. The Morgan fingerprint density at radius 3 is 2.59 bits per heavy atom. The van der Waals surface area contributed by atoms with E-state index in [1.54, 1.807) is 0 Å². The fourth-order valence-corrected chi connectivity index (χ4v) is 2.32. The number of aryl methyl sites for hydroxylation is 2. The van der Waals surface area contributed by atoms with Gasteiger partial charge >= 0.3 is 0 Å². The van der Waals surface area contributed by atoms with Crippen molar-refractivity contribution in [2.75, 3.05) is 6.61 Å². The highest BCUT2D eigenvalue weighted by Gasteiger charge is 2.14. The Hall–Kier alpha value is -1.94. The first kappa shape index (κ1) is 16.4. The standard InChI is InChI=1S/C18H24N2O2/c1-12(2)17-19-14(4)16(8-9-21)18(20-17)22-11-15-7-5-6-13(3)10-15/h5-7,10,12,21H,8-9,11H2,1-4H3. The van der Waals surface area contributed by atoms with Crippen molar-refractivity contribution in [2.45, 2.75) is 46.6 Å². The molecule has 0 saturated heterocycles. The van der Waals surface area contributed by atoms with Crippen molar-refractivity contribution < 1.29 is 9.84 Å². The Balaban J connectivity index is 2.27. The van der Waals surface area contributed by atoms with Crippen molar-refractivity contribution in [3.05, 3.63) is 52.5 Å². The van der Waals surface area contributed by atoms with Crippen molar-refractivity contribution >= 4 is 0 Å². The summed E-state index contributed by atoms with van der Waals surface area (Å²) in [4.78, 5) is 9.06. The van der Waals surface area contributed by atoms with Crippen LogP contribution in [-0.4, -0.2) is 21.7 Å². The molecule has 0 bridgehead atoms. The summed E-state index contributed by atoms with van der Waals surface area (Å²) in [5.41, 5.74) is 4.09. The van der Waals surface area contributed by atoms with E-state index in [-0.39, 0.29) is 12.5 Å². The van der Waals surface area contributed by atoms with Crippen LogP contribution in [0.25, 0.3) is 0 Å². The minimum atomic E-state index is 0.0615. The summed E-state index contributed by atoms with van der Waals surface area (Å²) in [7, 11) is 0. The first-order valence-corrected chi connectivity index (χ1v) is 7.68. The van der Waals surface area contributed by atoms with E-state index in [4.69, 9.17) is 4.74 Å². The van der Waals surface area contributed by atoms with E-state index in [1.807, 2.05) is 19.1 Å². The van der Waals surface area contributed by atoms with Crippen LogP contribution in [0.5, 0.6) is 5.88 Å². The second kappa shape index (κ2) is 7.36. The van der Waals surface area contributed by atoms with Crippen molar-refractivity contribution in [3.8, 4) is 5.88 Å². The summed E-state index contributed by atoms with van der Waals surface area (Å²) in [5, 5.41) is 9.26. The summed E-state index contributed by atoms with van der Waals surface area (Å²) >= 11 is 0. The topological polar surface area (TPSA) is 55.2 Å². The lowest BCUT2D eigenvalue weighted by molar-refractivity contribution is 0.274. The van der Waals surface area contributed by atoms with Gasteiger partial charge in [0, 0.05) is 30.2 Å². The molecular formula is C18H24N2O2. The molecule has 0 aliphatic heterocycles. The molecule has 2 aromatic rings. The van der Waals surface area contributed by atoms with Gasteiger partial charge in [-0.25, -0.2) is 4.98 Å². The molecule has 22 heavy (non-hydrogen) atoms. The van der Waals surface area contributed by atoms with Gasteiger partial charge in [-0.15, -0.1) is 0 Å². The number of rotatable bonds is 6. The maximum atomic E-state index is 9.26. The lowest BCUT2D eigenvalue weighted by atomic mass is 10.1. The zero-order valence-electron chi connectivity index (χ0n) is 13.8. The van der Waals surface area contributed by atoms with Crippen LogP contribution >= 0.6 is 0 Å². The maximum Gasteiger partial charge on any atom is 0.220 e. The average Bonchev–Trinajstić information content (AvgIpc) is 2.47. The number of aliphatic hydroxyl groups excluding tert-OH is 1. The Kier molecular flexibility index (Phi) is 5.50. The number of hydrogen-bond donors (Lipinski definition) is 1. The van der Waals surface area contributed by atoms with Gasteiger partial charge in [-0.3, -0.25) is 0 Å². The van der Waals surface area contributed by atoms with Gasteiger partial charge < -0.3 is 9.84 Å². The highest BCUT2D eigenvalue weighted by Crippen LogP contribution is 2.23. The van der Waals surface area contributed by atoms with Gasteiger partial charge in [-0.05, 0) is 19.4 Å². The predicted molar refractivity (Wildman–Crippen MR) is 87.2 cm³/mol. The molecule has 4 heteroatoms. The van der Waals surface area contributed by atoms with Crippen LogP contribution in [0.15, 0.2) is 24.3 Å². The van der Waals surface area contributed by atoms with Gasteiger partial charge in [0.05, 0.1) is 0 Å². The molecule has 0 spiro atoms. The Labute approximate surface area is 132 Å². The molecular weight excluding hydrogens is 276 g/mol. The largest absolute Gasteiger partial charge is 0.473 e. The molecule has 0 aliphatic rings. The van der Waals surface area contributed by atoms with Gasteiger partial charge in [0.2, 0.25) is 5.88 Å². The lowest BCUT2D eigenvalue weighted by Gasteiger charge is -2.15. The Morgan fingerprint density at radius 2 is 1.95 bits per heavy atom. The third kappa shape index (κ3) is 4.04. The van der Waals surface area contributed by atoms with Crippen LogP contribution in [0.4, 0.5) is 0 Å². The summed E-state index contributed by atoms with van der Waals surface area (Å²) < 4.78 is 5.94. The second-order valence-corrected chi connectivity index (χ2v) is 5.86. The number of nitrogens with zero attached hydrogens (tertiary/aromatic N) is 2. The predicted octanol–water partition coefficient (Wildman–Crippen LogP) is 3.33. The minimum absolute atomic E-state index is 0.0615. The molecule has 0 atom stereocenters. The van der Waals surface area contributed by atoms with E-state index in [9.17, 15) is 5.11 Å². The monoisotopic (exact) mass is 300 g/mol. The summed E-state index contributed by atoms with van der Waals surface area (Å²) in [6.07, 6.45) is 0.507. The molecule has 4 nitrogen and oxygen atoms in total. The zero-order chi connectivity index (χ0) is 16.1. The Bertz CT molecular complexity index is 639. The minimum Gasteiger partial charge on any atom is -0.473 e. The van der Waals surface area contributed by atoms with Crippen molar-refractivity contribution in [1.29, 1.82) is 0 Å². The fraction of sp³-hybridized carbons (Fsp3) is 0.444. The highest BCUT2D eigenvalue weighted by molar-refractivity contribution is 5.32. The summed E-state index contributed by atoms with van der Waals surface area (Å²) in [6.45, 7) is 8.65. The number of hydrogen-bond acceptors (Lipinski definition) is 4. The van der Waals surface area contributed by atoms with E-state index < -0.39 is 0 Å². The van der Waals surface area contributed by atoms with Crippen LogP contribution in [0.1, 0.15) is 48.0 Å². The number of aliphatic hydroxyl groups is 1. The number of ether oxygens (including phenoxy) is 1. The van der Waals surface area contributed by atoms with Crippen LogP contribution < -0.4 is 4.74 Å². The van der Waals surface area contributed by atoms with E-state index >= 15 is 0 Å². The van der Waals surface area contributed by atoms with E-state index in [0.29, 0.717) is 18.9 Å². The molecule has 118 valence electrons. The molecule has 1 heterocycles. The van der Waals surface area contributed by atoms with Crippen molar-refractivity contribution in [1.82, 2.24) is 9.97 Å². The van der Waals surface area contributed by atoms with Crippen molar-refractivity contribution in [2.24, 2.45) is 0 Å². The third-order valence-corrected chi connectivity index (χ3v) is 3.53. The molecule has 0 aliphatic carbocycles. The van der Waals surface area contributed by atoms with Gasteiger partial charge in [0.1, 0.15) is 12.4 Å². The maximum absolute atomic E-state index is 9.26. The third-order valence-electron chi connectivity index (χ3n) is 3.53. The van der Waals surface area contributed by atoms with E-state index in [2.05, 4.69) is 42.9 Å². The molecule has 2 rings (SSSR count). The second-order valence-electron chi connectivity index (χ2n) is 5.86. The number of benzene rings is 1. The first-order valence-electron chi connectivity index (χ1n) is 7.68. The van der Waals surface area contributed by atoms with Crippen molar-refractivity contribution in [3.63, 3.8) is 0 Å². The van der Waals surface area contributed by atoms with Crippen LogP contribution in [0.3, 0.4) is 0 Å². The smallest absolute Gasteiger partial charge is 0.220 e. The number of aromatic nitrogens is 2. The quantitative estimate of drug-likeness (QED) is 0.889. The van der Waals surface area contributed by atoms with E-state index in [1.165, 1.54) is 5.56 Å². The molecule has 0 radical (unpaired) electrons. The fourth-order valence-electron chi connectivity index (χ4n) is 2.32. The SMILES string of the molecule is Cc1cccc(COc2nc(C(C)C)nc(C)c2CCO)c1. The van der Waals surface area contributed by atoms with Crippen LogP contribution in [0, 0.1) is 13.8 Å². The molecule has 0 saturated carbocycles. The highest BCUT2D eigenvalue weighted by atomic mass is 16.5. The van der Waals surface area contributed by atoms with Gasteiger partial charge in [0.25, 0.3) is 0 Å². The van der Waals surface area contributed by atoms with Crippen LogP contribution in [0.2, 0.25) is 0 Å². The zero-order valence-corrected chi connectivity index (χ0v) is 13.8. The average molecular weight is 300 g/mol. The summed E-state index contributed by atoms with van der Waals surface area (Å²) in [5.74, 6) is 1.60. The van der Waals surface area contributed by atoms with Gasteiger partial charge in [-0.1, -0.05) is 43.7 Å². The molecule has 1 aromatic carbocycles. The van der Waals surface area contributed by atoms with E-state index in [0.717, 1.165) is 22.6 Å². The molecule has 0 unspecified atom stereocenters.